The molecule has 11 heteroatoms. The van der Waals surface area contributed by atoms with Crippen LogP contribution in [0.25, 0.3) is 27.9 Å². The third kappa shape index (κ3) is 3.82. The number of halogens is 2. The SMILES string of the molecule is Cc1nc2ccc(-c3ccn4nc(N[C@@H]5CCN(C6COC6)CC5(F)F)ncc34)nc2n1C(C)C. The average Bonchev–Trinajstić information content (AvgIpc) is 3.33. The normalized spacial score (nSPS) is 21.1. The molecule has 1 atom stereocenters. The van der Waals surface area contributed by atoms with Crippen LogP contribution in [0, 0.1) is 6.92 Å². The lowest BCUT2D eigenvalue weighted by molar-refractivity contribution is -0.131. The van der Waals surface area contributed by atoms with Crippen LogP contribution in [0.15, 0.2) is 30.6 Å². The van der Waals surface area contributed by atoms with E-state index in [1.807, 2.05) is 30.0 Å². The summed E-state index contributed by atoms with van der Waals surface area (Å²) in [5.41, 5.74) is 4.08. The van der Waals surface area contributed by atoms with Crippen molar-refractivity contribution in [1.82, 2.24) is 34.0 Å². The fourth-order valence-corrected chi connectivity index (χ4v) is 5.08. The lowest BCUT2D eigenvalue weighted by Crippen LogP contribution is -2.61. The molecule has 6 heterocycles. The Labute approximate surface area is 201 Å². The molecule has 4 aromatic rings. The lowest BCUT2D eigenvalue weighted by atomic mass is 9.98. The summed E-state index contributed by atoms with van der Waals surface area (Å²) in [6, 6.07) is 5.13. The van der Waals surface area contributed by atoms with Crippen LogP contribution in [0.1, 0.15) is 32.1 Å². The number of rotatable bonds is 5. The number of nitrogens with one attached hydrogen (secondary N) is 1. The van der Waals surface area contributed by atoms with E-state index < -0.39 is 12.0 Å². The molecule has 0 bridgehead atoms. The van der Waals surface area contributed by atoms with Gasteiger partial charge in [-0.1, -0.05) is 0 Å². The first-order valence-corrected chi connectivity index (χ1v) is 12.0. The standard InChI is InChI=1S/C24H28F2N8O/c1-14(2)34-15(3)28-19-5-4-18(29-22(19)34)17-6-9-33-20(17)10-27-23(31-33)30-21-7-8-32(13-24(21,25)26)16-11-35-12-16/h4-6,9-10,14,16,21H,7-8,11-13H2,1-3H3,(H,30,31)/t21-/m1/s1. The first-order chi connectivity index (χ1) is 16.8. The molecular formula is C24H28F2N8O. The van der Waals surface area contributed by atoms with Gasteiger partial charge in [0.15, 0.2) is 5.65 Å². The van der Waals surface area contributed by atoms with Crippen molar-refractivity contribution < 1.29 is 13.5 Å². The number of hydrogen-bond donors (Lipinski definition) is 1. The number of likely N-dealkylation sites (tertiary alicyclic amines) is 1. The van der Waals surface area contributed by atoms with Crippen molar-refractivity contribution in [2.45, 2.75) is 51.2 Å². The molecule has 0 aromatic carbocycles. The smallest absolute Gasteiger partial charge is 0.280 e. The molecule has 35 heavy (non-hydrogen) atoms. The second-order valence-corrected chi connectivity index (χ2v) is 9.71. The topological polar surface area (TPSA) is 85.4 Å². The minimum Gasteiger partial charge on any atom is -0.378 e. The summed E-state index contributed by atoms with van der Waals surface area (Å²) >= 11 is 0. The van der Waals surface area contributed by atoms with Crippen LogP contribution in [0.2, 0.25) is 0 Å². The predicted molar refractivity (Wildman–Crippen MR) is 128 cm³/mol. The van der Waals surface area contributed by atoms with Gasteiger partial charge in [-0.05, 0) is 45.4 Å². The fraction of sp³-hybridized carbons (Fsp3) is 0.500. The number of fused-ring (bicyclic) bond motifs is 2. The van der Waals surface area contributed by atoms with Crippen LogP contribution in [0.5, 0.6) is 0 Å². The van der Waals surface area contributed by atoms with Crippen molar-refractivity contribution in [3.8, 4) is 11.3 Å². The number of alkyl halides is 2. The number of ether oxygens (including phenoxy) is 1. The maximum absolute atomic E-state index is 14.9. The van der Waals surface area contributed by atoms with E-state index in [9.17, 15) is 8.78 Å². The monoisotopic (exact) mass is 482 g/mol. The summed E-state index contributed by atoms with van der Waals surface area (Å²) in [6.07, 6.45) is 3.76. The van der Waals surface area contributed by atoms with Crippen molar-refractivity contribution in [2.75, 3.05) is 31.6 Å². The molecule has 0 amide bonds. The zero-order valence-corrected chi connectivity index (χ0v) is 19.9. The maximum Gasteiger partial charge on any atom is 0.280 e. The number of hydrogen-bond acceptors (Lipinski definition) is 7. The Morgan fingerprint density at radius 1 is 1.17 bits per heavy atom. The van der Waals surface area contributed by atoms with Crippen LogP contribution in [-0.4, -0.2) is 78.3 Å². The molecule has 6 rings (SSSR count). The third-order valence-electron chi connectivity index (χ3n) is 6.99. The van der Waals surface area contributed by atoms with Crippen LogP contribution in [-0.2, 0) is 4.74 Å². The number of pyridine rings is 1. The highest BCUT2D eigenvalue weighted by Gasteiger charge is 2.47. The zero-order valence-electron chi connectivity index (χ0n) is 19.9. The third-order valence-corrected chi connectivity index (χ3v) is 6.99. The first-order valence-electron chi connectivity index (χ1n) is 12.0. The fourth-order valence-electron chi connectivity index (χ4n) is 5.08. The minimum absolute atomic E-state index is 0.101. The van der Waals surface area contributed by atoms with E-state index in [0.717, 1.165) is 33.8 Å². The van der Waals surface area contributed by atoms with E-state index in [4.69, 9.17) is 9.72 Å². The molecule has 0 spiro atoms. The molecule has 9 nitrogen and oxygen atoms in total. The molecule has 0 radical (unpaired) electrons. The average molecular weight is 483 g/mol. The highest BCUT2D eigenvalue weighted by atomic mass is 19.3. The molecule has 184 valence electrons. The van der Waals surface area contributed by atoms with E-state index in [1.165, 1.54) is 0 Å². The van der Waals surface area contributed by atoms with E-state index in [0.29, 0.717) is 26.2 Å². The molecule has 2 aliphatic rings. The second kappa shape index (κ2) is 8.20. The summed E-state index contributed by atoms with van der Waals surface area (Å²) in [6.45, 7) is 7.57. The summed E-state index contributed by atoms with van der Waals surface area (Å²) in [5, 5.41) is 7.33. The van der Waals surface area contributed by atoms with Crippen molar-refractivity contribution >= 4 is 22.6 Å². The van der Waals surface area contributed by atoms with Gasteiger partial charge in [0, 0.05) is 24.3 Å². The van der Waals surface area contributed by atoms with Gasteiger partial charge in [-0.25, -0.2) is 28.2 Å². The summed E-state index contributed by atoms with van der Waals surface area (Å²) in [5.74, 6) is -1.78. The summed E-state index contributed by atoms with van der Waals surface area (Å²) in [4.78, 5) is 15.7. The van der Waals surface area contributed by atoms with Gasteiger partial charge in [0.05, 0.1) is 49.2 Å². The van der Waals surface area contributed by atoms with Gasteiger partial charge >= 0.3 is 0 Å². The number of piperidine rings is 1. The predicted octanol–water partition coefficient (Wildman–Crippen LogP) is 3.55. The summed E-state index contributed by atoms with van der Waals surface area (Å²) in [7, 11) is 0. The number of anilines is 1. The molecule has 2 aliphatic heterocycles. The number of aryl methyl sites for hydroxylation is 1. The maximum atomic E-state index is 14.9. The molecule has 4 aromatic heterocycles. The van der Waals surface area contributed by atoms with Gasteiger partial charge in [-0.2, -0.15) is 0 Å². The Hall–Kier alpha value is -3.18. The molecule has 2 saturated heterocycles. The van der Waals surface area contributed by atoms with E-state index in [2.05, 4.69) is 38.8 Å². The highest BCUT2D eigenvalue weighted by Crippen LogP contribution is 2.32. The van der Waals surface area contributed by atoms with Crippen molar-refractivity contribution in [3.05, 3.63) is 36.4 Å². The van der Waals surface area contributed by atoms with Gasteiger partial charge in [-0.3, -0.25) is 4.90 Å². The van der Waals surface area contributed by atoms with Gasteiger partial charge in [-0.15, -0.1) is 5.10 Å². The van der Waals surface area contributed by atoms with Crippen molar-refractivity contribution in [2.24, 2.45) is 0 Å². The zero-order chi connectivity index (χ0) is 24.3. The Balaban J connectivity index is 1.26. The molecule has 0 saturated carbocycles. The van der Waals surface area contributed by atoms with E-state index in [1.54, 1.807) is 16.9 Å². The van der Waals surface area contributed by atoms with Gasteiger partial charge in [0.2, 0.25) is 5.95 Å². The first kappa shape index (κ1) is 22.3. The van der Waals surface area contributed by atoms with Crippen LogP contribution >= 0.6 is 0 Å². The molecule has 0 aliphatic carbocycles. The molecular weight excluding hydrogens is 454 g/mol. The Bertz CT molecular complexity index is 1390. The Morgan fingerprint density at radius 2 is 2.00 bits per heavy atom. The van der Waals surface area contributed by atoms with Crippen LogP contribution in [0.4, 0.5) is 14.7 Å². The quantitative estimate of drug-likeness (QED) is 0.466. The minimum atomic E-state index is -2.88. The van der Waals surface area contributed by atoms with E-state index in [-0.39, 0.29) is 24.6 Å². The number of nitrogens with zero attached hydrogens (tertiary/aromatic N) is 7. The van der Waals surface area contributed by atoms with Gasteiger partial charge in [0.25, 0.3) is 5.92 Å². The Morgan fingerprint density at radius 3 is 2.71 bits per heavy atom. The second-order valence-electron chi connectivity index (χ2n) is 9.71. The molecule has 2 fully saturated rings. The van der Waals surface area contributed by atoms with Crippen LogP contribution < -0.4 is 5.32 Å². The van der Waals surface area contributed by atoms with Crippen molar-refractivity contribution in [1.29, 1.82) is 0 Å². The Kier molecular flexibility index (Phi) is 5.22. The lowest BCUT2D eigenvalue weighted by Gasteiger charge is -2.44. The van der Waals surface area contributed by atoms with E-state index >= 15 is 0 Å². The molecule has 0 unspecified atom stereocenters. The highest BCUT2D eigenvalue weighted by molar-refractivity contribution is 5.82. The van der Waals surface area contributed by atoms with Gasteiger partial charge in [0.1, 0.15) is 11.3 Å². The van der Waals surface area contributed by atoms with Gasteiger partial charge < -0.3 is 14.6 Å². The summed E-state index contributed by atoms with van der Waals surface area (Å²) < 4.78 is 38.6. The number of aromatic nitrogens is 6. The van der Waals surface area contributed by atoms with Crippen molar-refractivity contribution in [3.63, 3.8) is 0 Å². The number of imidazole rings is 1. The van der Waals surface area contributed by atoms with Crippen LogP contribution in [0.3, 0.4) is 0 Å². The largest absolute Gasteiger partial charge is 0.378 e. The molecule has 1 N–H and O–H groups in total.